The van der Waals surface area contributed by atoms with Gasteiger partial charge in [0.1, 0.15) is 5.76 Å². The Morgan fingerprint density at radius 3 is 3.08 bits per heavy atom. The van der Waals surface area contributed by atoms with Crippen molar-refractivity contribution in [2.45, 2.75) is 39.0 Å². The van der Waals surface area contributed by atoms with Gasteiger partial charge in [-0.25, -0.2) is 0 Å². The SMILES string of the molecule is Cc1cc(C(=O)NC[C@@H]2CCCN(C(=O)c3n[nH]c4c3CCC4)C2)no1. The van der Waals surface area contributed by atoms with Crippen LogP contribution < -0.4 is 5.32 Å². The lowest BCUT2D eigenvalue weighted by molar-refractivity contribution is 0.0663. The van der Waals surface area contributed by atoms with Gasteiger partial charge in [0.05, 0.1) is 0 Å². The number of hydrogen-bond acceptors (Lipinski definition) is 5. The Kier molecular flexibility index (Phi) is 4.48. The van der Waals surface area contributed by atoms with Crippen LogP contribution >= 0.6 is 0 Å². The van der Waals surface area contributed by atoms with Crippen molar-refractivity contribution in [1.29, 1.82) is 0 Å². The van der Waals surface area contributed by atoms with E-state index in [0.717, 1.165) is 49.9 Å². The maximum Gasteiger partial charge on any atom is 0.274 e. The monoisotopic (exact) mass is 357 g/mol. The quantitative estimate of drug-likeness (QED) is 0.862. The van der Waals surface area contributed by atoms with E-state index in [9.17, 15) is 9.59 Å². The van der Waals surface area contributed by atoms with E-state index in [2.05, 4.69) is 20.7 Å². The molecule has 0 saturated carbocycles. The summed E-state index contributed by atoms with van der Waals surface area (Å²) in [6, 6.07) is 1.62. The lowest BCUT2D eigenvalue weighted by atomic mass is 9.97. The fraction of sp³-hybridized carbons (Fsp3) is 0.556. The molecule has 0 aromatic carbocycles. The molecule has 3 heterocycles. The molecule has 2 aliphatic rings. The number of nitrogens with zero attached hydrogens (tertiary/aromatic N) is 3. The Hall–Kier alpha value is -2.64. The van der Waals surface area contributed by atoms with Gasteiger partial charge in [0.15, 0.2) is 11.4 Å². The fourth-order valence-electron chi connectivity index (χ4n) is 3.86. The third-order valence-corrected chi connectivity index (χ3v) is 5.23. The van der Waals surface area contributed by atoms with E-state index in [1.54, 1.807) is 13.0 Å². The van der Waals surface area contributed by atoms with E-state index in [4.69, 9.17) is 4.52 Å². The summed E-state index contributed by atoms with van der Waals surface area (Å²) < 4.78 is 4.93. The largest absolute Gasteiger partial charge is 0.361 e. The van der Waals surface area contributed by atoms with E-state index in [-0.39, 0.29) is 17.7 Å². The lowest BCUT2D eigenvalue weighted by Crippen LogP contribution is -2.44. The van der Waals surface area contributed by atoms with Crippen LogP contribution in [0.5, 0.6) is 0 Å². The maximum atomic E-state index is 12.9. The first-order chi connectivity index (χ1) is 12.6. The van der Waals surface area contributed by atoms with Gasteiger partial charge >= 0.3 is 0 Å². The molecule has 0 radical (unpaired) electrons. The Morgan fingerprint density at radius 1 is 1.38 bits per heavy atom. The molecule has 2 amide bonds. The second kappa shape index (κ2) is 6.93. The van der Waals surface area contributed by atoms with Crippen molar-refractivity contribution in [1.82, 2.24) is 25.6 Å². The van der Waals surface area contributed by atoms with E-state index in [0.29, 0.717) is 30.2 Å². The number of hydrogen-bond donors (Lipinski definition) is 2. The average molecular weight is 357 g/mol. The topological polar surface area (TPSA) is 104 Å². The highest BCUT2D eigenvalue weighted by Gasteiger charge is 2.30. The number of carbonyl (C=O) groups excluding carboxylic acids is 2. The molecule has 0 spiro atoms. The predicted octanol–water partition coefficient (Wildman–Crippen LogP) is 1.48. The van der Waals surface area contributed by atoms with Crippen LogP contribution in [0, 0.1) is 12.8 Å². The van der Waals surface area contributed by atoms with Crippen molar-refractivity contribution in [2.75, 3.05) is 19.6 Å². The van der Waals surface area contributed by atoms with Gasteiger partial charge in [-0.3, -0.25) is 14.7 Å². The van der Waals surface area contributed by atoms with Crippen molar-refractivity contribution in [3.05, 3.63) is 34.5 Å². The van der Waals surface area contributed by atoms with Gasteiger partial charge in [-0.15, -0.1) is 0 Å². The molecule has 1 aliphatic heterocycles. The van der Waals surface area contributed by atoms with Crippen LogP contribution in [0.3, 0.4) is 0 Å². The minimum Gasteiger partial charge on any atom is -0.361 e. The number of nitrogens with one attached hydrogen (secondary N) is 2. The molecule has 1 fully saturated rings. The van der Waals surface area contributed by atoms with E-state index < -0.39 is 0 Å². The Balaban J connectivity index is 1.35. The molecular formula is C18H23N5O3. The molecule has 138 valence electrons. The molecule has 2 N–H and O–H groups in total. The summed E-state index contributed by atoms with van der Waals surface area (Å²) in [5, 5.41) is 13.9. The molecule has 8 nitrogen and oxygen atoms in total. The predicted molar refractivity (Wildman–Crippen MR) is 92.8 cm³/mol. The molecular weight excluding hydrogens is 334 g/mol. The van der Waals surface area contributed by atoms with Crippen LogP contribution in [0.2, 0.25) is 0 Å². The third-order valence-electron chi connectivity index (χ3n) is 5.23. The summed E-state index contributed by atoms with van der Waals surface area (Å²) in [7, 11) is 0. The van der Waals surface area contributed by atoms with Crippen LogP contribution in [-0.2, 0) is 12.8 Å². The first kappa shape index (κ1) is 16.8. The first-order valence-electron chi connectivity index (χ1n) is 9.18. The van der Waals surface area contributed by atoms with E-state index >= 15 is 0 Å². The number of piperidine rings is 1. The van der Waals surface area contributed by atoms with Crippen LogP contribution in [0.4, 0.5) is 0 Å². The van der Waals surface area contributed by atoms with Gasteiger partial charge in [0.2, 0.25) is 0 Å². The zero-order valence-corrected chi connectivity index (χ0v) is 14.9. The van der Waals surface area contributed by atoms with E-state index in [1.807, 2.05) is 4.90 Å². The van der Waals surface area contributed by atoms with Gasteiger partial charge in [0, 0.05) is 37.0 Å². The Bertz CT molecular complexity index is 825. The zero-order valence-electron chi connectivity index (χ0n) is 14.9. The van der Waals surface area contributed by atoms with E-state index in [1.165, 1.54) is 0 Å². The number of aromatic amines is 1. The smallest absolute Gasteiger partial charge is 0.274 e. The molecule has 1 aliphatic carbocycles. The van der Waals surface area contributed by atoms with Gasteiger partial charge in [0.25, 0.3) is 11.8 Å². The minimum absolute atomic E-state index is 0.00699. The highest BCUT2D eigenvalue weighted by Crippen LogP contribution is 2.25. The highest BCUT2D eigenvalue weighted by molar-refractivity contribution is 5.94. The molecule has 8 heteroatoms. The second-order valence-electron chi connectivity index (χ2n) is 7.18. The third kappa shape index (κ3) is 3.23. The second-order valence-corrected chi connectivity index (χ2v) is 7.18. The summed E-state index contributed by atoms with van der Waals surface area (Å²) in [5.41, 5.74) is 3.07. The molecule has 1 atom stereocenters. The van der Waals surface area contributed by atoms with Gasteiger partial charge in [-0.05, 0) is 44.9 Å². The fourth-order valence-corrected chi connectivity index (χ4v) is 3.86. The number of H-pyrrole nitrogens is 1. The van der Waals surface area contributed by atoms with Crippen LogP contribution in [0.1, 0.15) is 57.3 Å². The molecule has 2 aromatic rings. The molecule has 0 unspecified atom stereocenters. The summed E-state index contributed by atoms with van der Waals surface area (Å²) in [5.74, 6) is 0.607. The van der Waals surface area contributed by atoms with Crippen molar-refractivity contribution < 1.29 is 14.1 Å². The highest BCUT2D eigenvalue weighted by atomic mass is 16.5. The van der Waals surface area contributed by atoms with Crippen LogP contribution in [0.25, 0.3) is 0 Å². The van der Waals surface area contributed by atoms with Gasteiger partial charge in [-0.2, -0.15) is 5.10 Å². The Labute approximate surface area is 151 Å². The number of likely N-dealkylation sites (tertiary alicyclic amines) is 1. The summed E-state index contributed by atoms with van der Waals surface area (Å²) in [6.07, 6.45) is 4.91. The van der Waals surface area contributed by atoms with Crippen LogP contribution in [-0.4, -0.2) is 51.7 Å². The Morgan fingerprint density at radius 2 is 2.27 bits per heavy atom. The number of rotatable bonds is 4. The number of aromatic nitrogens is 3. The number of amides is 2. The van der Waals surface area contributed by atoms with Crippen molar-refractivity contribution >= 4 is 11.8 Å². The maximum absolute atomic E-state index is 12.9. The minimum atomic E-state index is -0.240. The summed E-state index contributed by atoms with van der Waals surface area (Å²) in [4.78, 5) is 26.8. The molecule has 2 aromatic heterocycles. The lowest BCUT2D eigenvalue weighted by Gasteiger charge is -2.32. The number of aryl methyl sites for hydroxylation is 2. The zero-order chi connectivity index (χ0) is 18.1. The summed E-state index contributed by atoms with van der Waals surface area (Å²) in [6.45, 7) is 3.65. The molecule has 26 heavy (non-hydrogen) atoms. The number of fused-ring (bicyclic) bond motifs is 1. The summed E-state index contributed by atoms with van der Waals surface area (Å²) >= 11 is 0. The average Bonchev–Trinajstić information content (AvgIpc) is 3.36. The normalized spacial score (nSPS) is 19.4. The molecule has 4 rings (SSSR count). The number of carbonyl (C=O) groups is 2. The van der Waals surface area contributed by atoms with Gasteiger partial charge in [-0.1, -0.05) is 5.16 Å². The standard InChI is InChI=1S/C18H23N5O3/c1-11-8-15(22-26-11)17(24)19-9-12-4-3-7-23(10-12)18(25)16-13-5-2-6-14(13)20-21-16/h8,12H,2-7,9-10H2,1H3,(H,19,24)(H,20,21)/t12-/m0/s1. The molecule has 0 bridgehead atoms. The molecule has 1 saturated heterocycles. The van der Waals surface area contributed by atoms with Crippen molar-refractivity contribution in [3.8, 4) is 0 Å². The van der Waals surface area contributed by atoms with Gasteiger partial charge < -0.3 is 14.7 Å². The van der Waals surface area contributed by atoms with Crippen molar-refractivity contribution in [2.24, 2.45) is 5.92 Å². The first-order valence-corrected chi connectivity index (χ1v) is 9.18. The van der Waals surface area contributed by atoms with Crippen molar-refractivity contribution in [3.63, 3.8) is 0 Å². The van der Waals surface area contributed by atoms with Crippen LogP contribution in [0.15, 0.2) is 10.6 Å².